The number of aryl methyl sites for hydroxylation is 1. The molecule has 1 unspecified atom stereocenters. The highest BCUT2D eigenvalue weighted by molar-refractivity contribution is 7.86. The summed E-state index contributed by atoms with van der Waals surface area (Å²) < 4.78 is 57.8. The van der Waals surface area contributed by atoms with E-state index in [2.05, 4.69) is 36.3 Å². The molecule has 4 atom stereocenters. The number of aromatic nitrogens is 1. The first-order chi connectivity index (χ1) is 24.4. The fourth-order valence-corrected chi connectivity index (χ4v) is 9.89. The van der Waals surface area contributed by atoms with Gasteiger partial charge in [-0.25, -0.2) is 4.79 Å². The van der Waals surface area contributed by atoms with E-state index in [0.717, 1.165) is 55.0 Å². The molecule has 0 radical (unpaired) electrons. The second kappa shape index (κ2) is 14.1. The Labute approximate surface area is 305 Å². The number of pyridine rings is 1. The predicted octanol–water partition coefficient (Wildman–Crippen LogP) is 8.01. The third-order valence-electron chi connectivity index (χ3n) is 11.7. The number of halogens is 1. The number of nitrogens with one attached hydrogen (secondary N) is 1. The van der Waals surface area contributed by atoms with E-state index in [0.29, 0.717) is 48.9 Å². The summed E-state index contributed by atoms with van der Waals surface area (Å²) in [7, 11) is -4.61. The molecule has 3 aliphatic carbocycles. The zero-order valence-electron chi connectivity index (χ0n) is 29.5. The molecule has 10 nitrogen and oxygen atoms in total. The average molecular weight is 739 g/mol. The van der Waals surface area contributed by atoms with Gasteiger partial charge in [-0.15, -0.1) is 0 Å². The van der Waals surface area contributed by atoms with Gasteiger partial charge in [0.05, 0.1) is 6.61 Å². The van der Waals surface area contributed by atoms with Crippen LogP contribution in [0.5, 0.6) is 17.2 Å². The molecule has 1 saturated carbocycles. The molecule has 2 N–H and O–H groups in total. The number of ether oxygens (including phenoxy) is 4. The number of hydrogen-bond donors (Lipinski definition) is 2. The summed E-state index contributed by atoms with van der Waals surface area (Å²) in [6, 6.07) is 13.3. The molecule has 2 aromatic carbocycles. The fourth-order valence-electron chi connectivity index (χ4n) is 9.07. The van der Waals surface area contributed by atoms with Crippen molar-refractivity contribution in [3.05, 3.63) is 76.1 Å². The zero-order chi connectivity index (χ0) is 36.0. The van der Waals surface area contributed by atoms with Crippen molar-refractivity contribution < 1.29 is 36.7 Å². The zero-order valence-corrected chi connectivity index (χ0v) is 31.0. The molecule has 1 spiro atoms. The highest BCUT2D eigenvalue weighted by Crippen LogP contribution is 2.58. The van der Waals surface area contributed by atoms with Crippen LogP contribution in [0.25, 0.3) is 0 Å². The van der Waals surface area contributed by atoms with Crippen molar-refractivity contribution in [2.75, 3.05) is 18.7 Å². The molecular formula is C39H47ClN2O8S. The summed E-state index contributed by atoms with van der Waals surface area (Å²) in [6.07, 6.45) is 8.84. The van der Waals surface area contributed by atoms with Crippen molar-refractivity contribution in [3.63, 3.8) is 0 Å². The van der Waals surface area contributed by atoms with Crippen molar-refractivity contribution in [1.29, 1.82) is 0 Å². The maximum absolute atomic E-state index is 14.1. The van der Waals surface area contributed by atoms with Crippen LogP contribution in [0.3, 0.4) is 0 Å². The molecule has 0 bridgehead atoms. The molecule has 3 aromatic rings. The van der Waals surface area contributed by atoms with Crippen LogP contribution in [0.4, 0.5) is 5.69 Å². The van der Waals surface area contributed by atoms with Crippen LogP contribution in [-0.2, 0) is 37.9 Å². The number of carbonyl (C=O) groups is 1. The molecule has 1 aromatic heterocycles. The third kappa shape index (κ3) is 7.01. The van der Waals surface area contributed by atoms with E-state index in [1.807, 2.05) is 18.3 Å². The number of esters is 1. The first-order valence-corrected chi connectivity index (χ1v) is 20.0. The van der Waals surface area contributed by atoms with Gasteiger partial charge in [0.2, 0.25) is 12.2 Å². The minimum Gasteiger partial charge on any atom is -0.493 e. The van der Waals surface area contributed by atoms with Crippen LogP contribution >= 0.6 is 11.6 Å². The molecule has 0 amide bonds. The maximum atomic E-state index is 14.1. The van der Waals surface area contributed by atoms with Crippen LogP contribution < -0.4 is 19.5 Å². The molecule has 274 valence electrons. The van der Waals surface area contributed by atoms with Crippen molar-refractivity contribution in [2.45, 2.75) is 107 Å². The van der Waals surface area contributed by atoms with E-state index in [-0.39, 0.29) is 30.5 Å². The Morgan fingerprint density at radius 1 is 1.14 bits per heavy atom. The quantitative estimate of drug-likeness (QED) is 0.147. The predicted molar refractivity (Wildman–Crippen MR) is 194 cm³/mol. The van der Waals surface area contributed by atoms with Gasteiger partial charge < -0.3 is 24.3 Å². The van der Waals surface area contributed by atoms with Gasteiger partial charge in [0.1, 0.15) is 11.3 Å². The molecule has 2 heterocycles. The maximum Gasteiger partial charge on any atom is 0.333 e. The van der Waals surface area contributed by atoms with Crippen LogP contribution in [0, 0.1) is 11.8 Å². The SMILES string of the molecule is CCC(OC(=O)C1(Nc2cccc(Cl)c2)CCC2(CC1)c1cc3c(cc1C[C@@H]2C[C@@H](C)COc1ccnc2c1[C@H](C)CCC2)OCO3)S(=O)(=O)O. The van der Waals surface area contributed by atoms with Crippen LogP contribution in [0.1, 0.15) is 100 Å². The Hall–Kier alpha value is -3.54. The van der Waals surface area contributed by atoms with Crippen LogP contribution in [0.15, 0.2) is 48.7 Å². The number of fused-ring (bicyclic) bond motifs is 4. The van der Waals surface area contributed by atoms with E-state index in [4.69, 9.17) is 30.5 Å². The lowest BCUT2D eigenvalue weighted by Gasteiger charge is -2.48. The molecule has 7 rings (SSSR count). The van der Waals surface area contributed by atoms with Gasteiger partial charge >= 0.3 is 16.1 Å². The Morgan fingerprint density at radius 3 is 2.63 bits per heavy atom. The van der Waals surface area contributed by atoms with Gasteiger partial charge in [-0.1, -0.05) is 38.4 Å². The van der Waals surface area contributed by atoms with Crippen LogP contribution in [-0.4, -0.2) is 48.3 Å². The molecule has 12 heteroatoms. The topological polar surface area (TPSA) is 133 Å². The first-order valence-electron chi connectivity index (χ1n) is 18.2. The Balaban J connectivity index is 1.16. The first kappa shape index (κ1) is 35.8. The lowest BCUT2D eigenvalue weighted by atomic mass is 9.59. The summed E-state index contributed by atoms with van der Waals surface area (Å²) >= 11 is 6.33. The average Bonchev–Trinajstić information content (AvgIpc) is 3.67. The van der Waals surface area contributed by atoms with E-state index in [9.17, 15) is 17.8 Å². The minimum absolute atomic E-state index is 0.0778. The monoisotopic (exact) mass is 738 g/mol. The second-order valence-electron chi connectivity index (χ2n) is 15.0. The highest BCUT2D eigenvalue weighted by Gasteiger charge is 2.55. The largest absolute Gasteiger partial charge is 0.493 e. The van der Waals surface area contributed by atoms with Crippen molar-refractivity contribution >= 4 is 33.4 Å². The molecule has 1 aliphatic heterocycles. The number of hydrogen-bond acceptors (Lipinski definition) is 9. The lowest BCUT2D eigenvalue weighted by Crippen LogP contribution is -2.54. The van der Waals surface area contributed by atoms with Gasteiger partial charge in [-0.2, -0.15) is 8.42 Å². The molecule has 51 heavy (non-hydrogen) atoms. The van der Waals surface area contributed by atoms with Crippen molar-refractivity contribution in [2.24, 2.45) is 11.8 Å². The van der Waals surface area contributed by atoms with E-state index in [1.54, 1.807) is 25.1 Å². The summed E-state index contributed by atoms with van der Waals surface area (Å²) in [4.78, 5) is 18.7. The van der Waals surface area contributed by atoms with Gasteiger partial charge in [0.15, 0.2) is 11.5 Å². The molecule has 1 fully saturated rings. The Morgan fingerprint density at radius 2 is 1.90 bits per heavy atom. The fraction of sp³-hybridized carbons (Fsp3) is 0.538. The van der Waals surface area contributed by atoms with E-state index in [1.165, 1.54) is 16.7 Å². The minimum atomic E-state index is -4.61. The second-order valence-corrected chi connectivity index (χ2v) is 17.0. The smallest absolute Gasteiger partial charge is 0.333 e. The molecule has 4 aliphatic rings. The Bertz CT molecular complexity index is 1890. The standard InChI is InChI=1S/C39H47ClN2O8S/c1-4-35(51(44,45)46)50-37(43)39(42-29-9-6-8-28(40)20-29)14-12-38(13-15-39)27(18-26-19-33-34(21-30(26)38)49-23-48-33)17-24(2)22-47-32-11-16-41-31-10-5-7-25(3)36(31)32/h6,8-9,11,16,19-21,24-25,27,35,42H,4-5,7,10,12-15,17-18,22-23H2,1-3H3,(H,44,45,46)/t24-,25-,27+,35?,38?,39?/m1/s1. The van der Waals surface area contributed by atoms with Crippen molar-refractivity contribution in [1.82, 2.24) is 4.98 Å². The lowest BCUT2D eigenvalue weighted by molar-refractivity contribution is -0.153. The number of anilines is 1. The normalized spacial score (nSPS) is 26.2. The number of carbonyl (C=O) groups excluding carboxylic acids is 1. The van der Waals surface area contributed by atoms with Crippen molar-refractivity contribution in [3.8, 4) is 17.2 Å². The molecule has 0 saturated heterocycles. The van der Waals surface area contributed by atoms with E-state index >= 15 is 0 Å². The third-order valence-corrected chi connectivity index (χ3v) is 13.0. The van der Waals surface area contributed by atoms with Gasteiger partial charge in [-0.05, 0) is 135 Å². The summed E-state index contributed by atoms with van der Waals surface area (Å²) in [6.45, 7) is 6.81. The molecular weight excluding hydrogens is 692 g/mol. The number of rotatable bonds is 11. The highest BCUT2D eigenvalue weighted by atomic mass is 35.5. The summed E-state index contributed by atoms with van der Waals surface area (Å²) in [5.74, 6) is 2.63. The van der Waals surface area contributed by atoms with Gasteiger partial charge in [0.25, 0.3) is 0 Å². The number of benzene rings is 2. The van der Waals surface area contributed by atoms with Gasteiger partial charge in [-0.3, -0.25) is 9.54 Å². The number of nitrogens with zero attached hydrogens (tertiary/aromatic N) is 1. The summed E-state index contributed by atoms with van der Waals surface area (Å²) in [5, 5.41) is 3.90. The van der Waals surface area contributed by atoms with Gasteiger partial charge in [0, 0.05) is 28.2 Å². The summed E-state index contributed by atoms with van der Waals surface area (Å²) in [5.41, 5.74) is 2.29. The Kier molecular flexibility index (Phi) is 9.92. The van der Waals surface area contributed by atoms with Crippen LogP contribution in [0.2, 0.25) is 5.02 Å². The van der Waals surface area contributed by atoms with E-state index < -0.39 is 27.1 Å².